The molecule has 1 aromatic carbocycles. The van der Waals surface area contributed by atoms with Gasteiger partial charge in [0.25, 0.3) is 0 Å². The first kappa shape index (κ1) is 11.4. The summed E-state index contributed by atoms with van der Waals surface area (Å²) in [6, 6.07) is 7.02. The number of anilines is 3. The molecule has 2 rings (SSSR count). The van der Waals surface area contributed by atoms with E-state index in [0.29, 0.717) is 11.4 Å². The summed E-state index contributed by atoms with van der Waals surface area (Å²) in [6.45, 7) is 0. The quantitative estimate of drug-likeness (QED) is 0.643. The van der Waals surface area contributed by atoms with Gasteiger partial charge < -0.3 is 10.6 Å². The van der Waals surface area contributed by atoms with Crippen LogP contribution in [0, 0.1) is 10.1 Å². The molecule has 0 bridgehead atoms. The highest BCUT2D eigenvalue weighted by Crippen LogP contribution is 2.34. The smallest absolute Gasteiger partial charge is 0.315 e. The van der Waals surface area contributed by atoms with E-state index in [1.807, 2.05) is 16.8 Å². The van der Waals surface area contributed by atoms with Crippen molar-refractivity contribution in [3.63, 3.8) is 0 Å². The summed E-state index contributed by atoms with van der Waals surface area (Å²) in [4.78, 5) is 10.7. The number of nitro benzene ring substituents is 1. The number of nitrogens with one attached hydrogen (secondary N) is 2. The van der Waals surface area contributed by atoms with E-state index in [4.69, 9.17) is 0 Å². The van der Waals surface area contributed by atoms with E-state index in [1.54, 1.807) is 25.2 Å². The molecule has 0 aliphatic carbocycles. The number of thiophene rings is 1. The third-order valence-electron chi connectivity index (χ3n) is 2.29. The number of hydrogen-bond donors (Lipinski definition) is 2. The summed E-state index contributed by atoms with van der Waals surface area (Å²) in [5.74, 6) is 0. The Labute approximate surface area is 102 Å². The van der Waals surface area contributed by atoms with Crippen molar-refractivity contribution in [1.82, 2.24) is 0 Å². The van der Waals surface area contributed by atoms with Crippen LogP contribution in [-0.4, -0.2) is 12.0 Å². The molecular weight excluding hydrogens is 238 g/mol. The maximum absolute atomic E-state index is 11.1. The first-order chi connectivity index (χ1) is 8.22. The molecule has 2 aromatic rings. The van der Waals surface area contributed by atoms with E-state index >= 15 is 0 Å². The minimum absolute atomic E-state index is 0.0567. The third kappa shape index (κ3) is 2.36. The highest BCUT2D eigenvalue weighted by atomic mass is 32.1. The second-order valence-corrected chi connectivity index (χ2v) is 4.13. The molecule has 0 spiro atoms. The molecule has 0 aliphatic heterocycles. The van der Waals surface area contributed by atoms with Gasteiger partial charge in [0, 0.05) is 18.1 Å². The van der Waals surface area contributed by atoms with E-state index < -0.39 is 0 Å². The van der Waals surface area contributed by atoms with Gasteiger partial charge in [0.15, 0.2) is 0 Å². The highest BCUT2D eigenvalue weighted by Gasteiger charge is 2.18. The van der Waals surface area contributed by atoms with Crippen molar-refractivity contribution >= 4 is 34.1 Å². The third-order valence-corrected chi connectivity index (χ3v) is 2.97. The van der Waals surface area contributed by atoms with Gasteiger partial charge in [-0.1, -0.05) is 6.07 Å². The lowest BCUT2D eigenvalue weighted by atomic mass is 10.2. The standard InChI is InChI=1S/C11H11N3O2S/c1-12-9-3-2-4-10(11(9)14(15)16)13-8-5-6-17-7-8/h2-7,12-13H,1H3. The molecule has 0 aliphatic rings. The fourth-order valence-corrected chi connectivity index (χ4v) is 2.12. The van der Waals surface area contributed by atoms with Gasteiger partial charge in [-0.15, -0.1) is 0 Å². The van der Waals surface area contributed by atoms with Crippen LogP contribution in [0.1, 0.15) is 0 Å². The molecule has 17 heavy (non-hydrogen) atoms. The average molecular weight is 249 g/mol. The molecule has 0 saturated carbocycles. The van der Waals surface area contributed by atoms with E-state index in [9.17, 15) is 10.1 Å². The largest absolute Gasteiger partial charge is 0.382 e. The minimum Gasteiger partial charge on any atom is -0.382 e. The summed E-state index contributed by atoms with van der Waals surface area (Å²) in [5.41, 5.74) is 1.89. The number of nitro groups is 1. The van der Waals surface area contributed by atoms with Crippen molar-refractivity contribution < 1.29 is 4.92 Å². The van der Waals surface area contributed by atoms with Crippen LogP contribution < -0.4 is 10.6 Å². The first-order valence-electron chi connectivity index (χ1n) is 4.96. The summed E-state index contributed by atoms with van der Waals surface area (Å²) in [5, 5.41) is 20.7. The van der Waals surface area contributed by atoms with Gasteiger partial charge in [-0.05, 0) is 23.6 Å². The first-order valence-corrected chi connectivity index (χ1v) is 5.91. The van der Waals surface area contributed by atoms with E-state index in [1.165, 1.54) is 11.3 Å². The molecule has 0 atom stereocenters. The molecular formula is C11H11N3O2S. The molecule has 6 heteroatoms. The van der Waals surface area contributed by atoms with Crippen LogP contribution in [0.5, 0.6) is 0 Å². The topological polar surface area (TPSA) is 67.2 Å². The number of para-hydroxylation sites is 1. The van der Waals surface area contributed by atoms with Crippen molar-refractivity contribution in [3.05, 3.63) is 45.1 Å². The summed E-state index contributed by atoms with van der Waals surface area (Å²) in [7, 11) is 1.66. The van der Waals surface area contributed by atoms with Crippen LogP contribution in [-0.2, 0) is 0 Å². The summed E-state index contributed by atoms with van der Waals surface area (Å²) < 4.78 is 0. The Balaban J connectivity index is 2.42. The van der Waals surface area contributed by atoms with Crippen LogP contribution in [0.15, 0.2) is 35.0 Å². The number of benzene rings is 1. The maximum Gasteiger partial charge on any atom is 0.315 e. The van der Waals surface area contributed by atoms with E-state index in [-0.39, 0.29) is 10.6 Å². The maximum atomic E-state index is 11.1. The predicted molar refractivity (Wildman–Crippen MR) is 70.2 cm³/mol. The van der Waals surface area contributed by atoms with Crippen molar-refractivity contribution in [3.8, 4) is 0 Å². The van der Waals surface area contributed by atoms with Crippen LogP contribution in [0.2, 0.25) is 0 Å². The lowest BCUT2D eigenvalue weighted by Gasteiger charge is -2.08. The molecule has 1 aromatic heterocycles. The van der Waals surface area contributed by atoms with Crippen LogP contribution in [0.3, 0.4) is 0 Å². The van der Waals surface area contributed by atoms with E-state index in [0.717, 1.165) is 5.69 Å². The Morgan fingerprint density at radius 2 is 2.06 bits per heavy atom. The zero-order chi connectivity index (χ0) is 12.3. The van der Waals surface area contributed by atoms with Gasteiger partial charge in [0.1, 0.15) is 11.4 Å². The molecule has 0 fully saturated rings. The summed E-state index contributed by atoms with van der Waals surface area (Å²) >= 11 is 1.54. The lowest BCUT2D eigenvalue weighted by molar-refractivity contribution is -0.383. The Morgan fingerprint density at radius 3 is 2.65 bits per heavy atom. The number of hydrogen-bond acceptors (Lipinski definition) is 5. The molecule has 0 amide bonds. The van der Waals surface area contributed by atoms with Gasteiger partial charge in [0.05, 0.1) is 4.92 Å². The molecule has 5 nitrogen and oxygen atoms in total. The number of rotatable bonds is 4. The highest BCUT2D eigenvalue weighted by molar-refractivity contribution is 7.08. The van der Waals surface area contributed by atoms with E-state index in [2.05, 4.69) is 10.6 Å². The van der Waals surface area contributed by atoms with Crippen molar-refractivity contribution in [2.75, 3.05) is 17.7 Å². The van der Waals surface area contributed by atoms with Gasteiger partial charge in [0.2, 0.25) is 0 Å². The van der Waals surface area contributed by atoms with Crippen molar-refractivity contribution in [2.45, 2.75) is 0 Å². The zero-order valence-electron chi connectivity index (χ0n) is 9.14. The van der Waals surface area contributed by atoms with Crippen LogP contribution >= 0.6 is 11.3 Å². The molecule has 0 saturated heterocycles. The lowest BCUT2D eigenvalue weighted by Crippen LogP contribution is -2.00. The van der Waals surface area contributed by atoms with Crippen molar-refractivity contribution in [1.29, 1.82) is 0 Å². The molecule has 1 heterocycles. The molecule has 88 valence electrons. The molecule has 0 unspecified atom stereocenters. The molecule has 2 N–H and O–H groups in total. The minimum atomic E-state index is -0.388. The monoisotopic (exact) mass is 249 g/mol. The van der Waals surface area contributed by atoms with Crippen LogP contribution in [0.25, 0.3) is 0 Å². The van der Waals surface area contributed by atoms with Gasteiger partial charge in [-0.25, -0.2) is 0 Å². The fourth-order valence-electron chi connectivity index (χ4n) is 1.53. The molecule has 0 radical (unpaired) electrons. The SMILES string of the molecule is CNc1cccc(Nc2ccsc2)c1[N+](=O)[O-]. The normalized spacial score (nSPS) is 9.94. The average Bonchev–Trinajstić information content (AvgIpc) is 2.81. The Morgan fingerprint density at radius 1 is 1.29 bits per heavy atom. The Hall–Kier alpha value is -2.08. The van der Waals surface area contributed by atoms with Crippen molar-refractivity contribution in [2.24, 2.45) is 0 Å². The summed E-state index contributed by atoms with van der Waals surface area (Å²) in [6.07, 6.45) is 0. The van der Waals surface area contributed by atoms with Gasteiger partial charge in [-0.2, -0.15) is 11.3 Å². The van der Waals surface area contributed by atoms with Gasteiger partial charge in [-0.3, -0.25) is 10.1 Å². The predicted octanol–water partition coefficient (Wildman–Crippen LogP) is 3.44. The van der Waals surface area contributed by atoms with Gasteiger partial charge >= 0.3 is 5.69 Å². The second kappa shape index (κ2) is 4.84. The fraction of sp³-hybridized carbons (Fsp3) is 0.0909. The second-order valence-electron chi connectivity index (χ2n) is 3.35. The Kier molecular flexibility index (Phi) is 3.24. The zero-order valence-corrected chi connectivity index (χ0v) is 9.95. The Bertz CT molecular complexity index is 526. The van der Waals surface area contributed by atoms with Crippen LogP contribution in [0.4, 0.5) is 22.7 Å². The number of nitrogens with zero attached hydrogens (tertiary/aromatic N) is 1.